The Hall–Kier alpha value is -4.15. The molecule has 2 saturated heterocycles. The fourth-order valence-electron chi connectivity index (χ4n) is 5.20. The van der Waals surface area contributed by atoms with Gasteiger partial charge in [-0.25, -0.2) is 4.79 Å². The Morgan fingerprint density at radius 3 is 2.66 bits per heavy atom. The van der Waals surface area contributed by atoms with Crippen LogP contribution in [0.5, 0.6) is 0 Å². The van der Waals surface area contributed by atoms with Crippen molar-refractivity contribution in [2.75, 3.05) is 18.4 Å². The fraction of sp³-hybridized carbons (Fsp3) is 0.444. The number of likely N-dealkylation sites (tertiary alicyclic amines) is 1. The van der Waals surface area contributed by atoms with Crippen LogP contribution in [0.25, 0.3) is 0 Å². The number of nitrogens with one attached hydrogen (secondary N) is 2. The molecule has 1 aromatic carbocycles. The number of anilines is 1. The molecule has 2 N–H and O–H groups in total. The minimum absolute atomic E-state index is 0.143. The van der Waals surface area contributed by atoms with Crippen LogP contribution in [-0.4, -0.2) is 68.6 Å². The molecule has 2 fully saturated rings. The molecule has 0 aliphatic carbocycles. The Labute approximate surface area is 220 Å². The van der Waals surface area contributed by atoms with Gasteiger partial charge in [-0.3, -0.25) is 24.0 Å². The summed E-state index contributed by atoms with van der Waals surface area (Å²) in [6, 6.07) is 4.42. The van der Waals surface area contributed by atoms with Gasteiger partial charge in [0.05, 0.1) is 29.5 Å². The van der Waals surface area contributed by atoms with Crippen LogP contribution >= 0.6 is 0 Å². The summed E-state index contributed by atoms with van der Waals surface area (Å²) < 4.78 is 7.21. The van der Waals surface area contributed by atoms with E-state index in [0.717, 1.165) is 23.3 Å². The highest BCUT2D eigenvalue weighted by atomic mass is 16.6. The number of benzene rings is 1. The zero-order valence-corrected chi connectivity index (χ0v) is 21.6. The van der Waals surface area contributed by atoms with Crippen LogP contribution in [0.3, 0.4) is 0 Å². The second kappa shape index (κ2) is 10.3. The zero-order chi connectivity index (χ0) is 27.0. The van der Waals surface area contributed by atoms with E-state index in [1.54, 1.807) is 29.3 Å². The van der Waals surface area contributed by atoms with Crippen molar-refractivity contribution in [2.45, 2.75) is 64.3 Å². The molecule has 3 aliphatic heterocycles. The van der Waals surface area contributed by atoms with Crippen molar-refractivity contribution in [3.8, 4) is 0 Å². The van der Waals surface area contributed by atoms with Gasteiger partial charge in [-0.05, 0) is 51.7 Å². The number of imide groups is 1. The molecule has 0 bridgehead atoms. The number of allylic oxidation sites excluding steroid dienone is 1. The molecule has 4 heterocycles. The third-order valence-electron chi connectivity index (χ3n) is 7.15. The van der Waals surface area contributed by atoms with E-state index in [2.05, 4.69) is 22.3 Å². The number of ether oxygens (including phenoxy) is 1. The van der Waals surface area contributed by atoms with Crippen LogP contribution < -0.4 is 10.6 Å². The maximum atomic E-state index is 13.3. The van der Waals surface area contributed by atoms with E-state index in [1.165, 1.54) is 0 Å². The molecule has 0 radical (unpaired) electrons. The normalized spacial score (nSPS) is 20.1. The van der Waals surface area contributed by atoms with Crippen LogP contribution in [0.4, 0.5) is 10.5 Å². The molecule has 11 heteroatoms. The van der Waals surface area contributed by atoms with Gasteiger partial charge in [0.15, 0.2) is 0 Å². The van der Waals surface area contributed by atoms with Crippen LogP contribution in [0.1, 0.15) is 71.9 Å². The topological polar surface area (TPSA) is 126 Å². The Kier molecular flexibility index (Phi) is 6.92. The van der Waals surface area contributed by atoms with Crippen LogP contribution in [-0.2, 0) is 16.1 Å². The number of aromatic nitrogens is 2. The van der Waals surface area contributed by atoms with Crippen molar-refractivity contribution < 1.29 is 23.9 Å². The van der Waals surface area contributed by atoms with Gasteiger partial charge in [0.25, 0.3) is 11.8 Å². The number of amides is 4. The van der Waals surface area contributed by atoms with Crippen molar-refractivity contribution in [3.05, 3.63) is 59.6 Å². The lowest BCUT2D eigenvalue weighted by Crippen LogP contribution is -2.51. The molecule has 4 amide bonds. The maximum Gasteiger partial charge on any atom is 0.410 e. The third kappa shape index (κ3) is 4.88. The summed E-state index contributed by atoms with van der Waals surface area (Å²) in [5.74, 6) is -1.32. The van der Waals surface area contributed by atoms with E-state index >= 15 is 0 Å². The molecule has 0 spiro atoms. The average Bonchev–Trinajstić information content (AvgIpc) is 3.46. The molecular weight excluding hydrogens is 488 g/mol. The molecule has 11 nitrogen and oxygen atoms in total. The number of piperidine rings is 2. The third-order valence-corrected chi connectivity index (χ3v) is 7.15. The summed E-state index contributed by atoms with van der Waals surface area (Å²) >= 11 is 0. The number of hydrogen-bond acceptors (Lipinski definition) is 7. The van der Waals surface area contributed by atoms with Crippen LogP contribution in [0, 0.1) is 0 Å². The standard InChI is InChI=1S/C27H32N6O5/c1-16(2)38-27(37)31-11-9-19(10-12-31)32-15-18(14-29-32)13-28-21-6-4-5-20-23(21)26(36)33(25(20)35)22-8-7-17(3)30-24(22)34/h4-6,14-16,19,22,28H,3,7-13H2,1-2H3,(H,30,34). The lowest BCUT2D eigenvalue weighted by atomic mass is 10.0. The Balaban J connectivity index is 1.22. The fourth-order valence-corrected chi connectivity index (χ4v) is 5.20. The van der Waals surface area contributed by atoms with Crippen LogP contribution in [0.15, 0.2) is 42.9 Å². The van der Waals surface area contributed by atoms with Gasteiger partial charge >= 0.3 is 6.09 Å². The minimum atomic E-state index is -0.849. The smallest absolute Gasteiger partial charge is 0.410 e. The highest BCUT2D eigenvalue weighted by molar-refractivity contribution is 6.25. The highest BCUT2D eigenvalue weighted by Crippen LogP contribution is 2.33. The predicted molar refractivity (Wildman–Crippen MR) is 138 cm³/mol. The number of rotatable bonds is 6. The first-order valence-electron chi connectivity index (χ1n) is 12.9. The average molecular weight is 521 g/mol. The van der Waals surface area contributed by atoms with E-state index in [4.69, 9.17) is 4.74 Å². The molecule has 1 unspecified atom stereocenters. The van der Waals surface area contributed by atoms with Gasteiger partial charge in [0.1, 0.15) is 6.04 Å². The number of carbonyl (C=O) groups is 4. The summed E-state index contributed by atoms with van der Waals surface area (Å²) in [6.07, 6.45) is 5.74. The number of hydrogen-bond donors (Lipinski definition) is 2. The van der Waals surface area contributed by atoms with E-state index < -0.39 is 17.9 Å². The van der Waals surface area contributed by atoms with E-state index in [9.17, 15) is 19.2 Å². The predicted octanol–water partition coefficient (Wildman–Crippen LogP) is 3.07. The van der Waals surface area contributed by atoms with Gasteiger partial charge in [-0.1, -0.05) is 12.6 Å². The summed E-state index contributed by atoms with van der Waals surface area (Å²) in [7, 11) is 0. The van der Waals surface area contributed by atoms with E-state index in [1.807, 2.05) is 24.7 Å². The molecule has 5 rings (SSSR count). The van der Waals surface area contributed by atoms with Crippen molar-refractivity contribution in [1.29, 1.82) is 0 Å². The second-order valence-electron chi connectivity index (χ2n) is 10.2. The molecule has 1 aromatic heterocycles. The van der Waals surface area contributed by atoms with Crippen molar-refractivity contribution in [2.24, 2.45) is 0 Å². The minimum Gasteiger partial charge on any atom is -0.447 e. The first kappa shape index (κ1) is 25.5. The van der Waals surface area contributed by atoms with Gasteiger partial charge < -0.3 is 20.3 Å². The van der Waals surface area contributed by atoms with Gasteiger partial charge in [0, 0.05) is 42.8 Å². The van der Waals surface area contributed by atoms with E-state index in [-0.39, 0.29) is 35.3 Å². The van der Waals surface area contributed by atoms with Gasteiger partial charge in [-0.2, -0.15) is 5.10 Å². The Morgan fingerprint density at radius 2 is 1.95 bits per heavy atom. The number of fused-ring (bicyclic) bond motifs is 1. The molecule has 1 atom stereocenters. The highest BCUT2D eigenvalue weighted by Gasteiger charge is 2.45. The SMILES string of the molecule is C=C1CCC(N2C(=O)c3cccc(NCc4cnn(C5CCN(C(=O)OC(C)C)CC5)c4)c3C2=O)C(=O)N1. The summed E-state index contributed by atoms with van der Waals surface area (Å²) in [4.78, 5) is 53.8. The van der Waals surface area contributed by atoms with Crippen molar-refractivity contribution in [3.63, 3.8) is 0 Å². The van der Waals surface area contributed by atoms with Gasteiger partial charge in [0.2, 0.25) is 5.91 Å². The quantitative estimate of drug-likeness (QED) is 0.561. The zero-order valence-electron chi connectivity index (χ0n) is 21.6. The Bertz CT molecular complexity index is 1290. The summed E-state index contributed by atoms with van der Waals surface area (Å²) in [5, 5.41) is 10.4. The molecular formula is C27H32N6O5. The van der Waals surface area contributed by atoms with E-state index in [0.29, 0.717) is 43.9 Å². The molecule has 0 saturated carbocycles. The first-order valence-corrected chi connectivity index (χ1v) is 12.9. The molecule has 38 heavy (non-hydrogen) atoms. The largest absolute Gasteiger partial charge is 0.447 e. The summed E-state index contributed by atoms with van der Waals surface area (Å²) in [6.45, 7) is 9.06. The number of carbonyl (C=O) groups excluding carboxylic acids is 4. The van der Waals surface area contributed by atoms with Crippen molar-refractivity contribution in [1.82, 2.24) is 24.9 Å². The van der Waals surface area contributed by atoms with Crippen LogP contribution in [0.2, 0.25) is 0 Å². The van der Waals surface area contributed by atoms with Crippen molar-refractivity contribution >= 4 is 29.5 Å². The monoisotopic (exact) mass is 520 g/mol. The summed E-state index contributed by atoms with van der Waals surface area (Å²) in [5.41, 5.74) is 2.61. The molecule has 200 valence electrons. The second-order valence-corrected chi connectivity index (χ2v) is 10.2. The molecule has 2 aromatic rings. The maximum absolute atomic E-state index is 13.3. The lowest BCUT2D eigenvalue weighted by Gasteiger charge is -2.31. The van der Waals surface area contributed by atoms with Gasteiger partial charge in [-0.15, -0.1) is 0 Å². The Morgan fingerprint density at radius 1 is 1.18 bits per heavy atom. The first-order chi connectivity index (χ1) is 18.2. The molecule has 3 aliphatic rings. The lowest BCUT2D eigenvalue weighted by molar-refractivity contribution is -0.125. The number of nitrogens with zero attached hydrogens (tertiary/aromatic N) is 4.